The van der Waals surface area contributed by atoms with E-state index in [1.807, 2.05) is 32.9 Å². The first-order valence-electron chi connectivity index (χ1n) is 14.4. The van der Waals surface area contributed by atoms with E-state index in [1.165, 1.54) is 0 Å². The van der Waals surface area contributed by atoms with Crippen LogP contribution < -0.4 is 21.7 Å². The van der Waals surface area contributed by atoms with Crippen LogP contribution in [-0.4, -0.2) is 53.8 Å². The monoisotopic (exact) mass is 544 g/mol. The lowest BCUT2D eigenvalue weighted by Crippen LogP contribution is -2.57. The van der Waals surface area contributed by atoms with Crippen LogP contribution in [-0.2, 0) is 30.3 Å². The van der Waals surface area contributed by atoms with E-state index in [-0.39, 0.29) is 24.0 Å². The molecule has 39 heavy (non-hydrogen) atoms. The second kappa shape index (κ2) is 15.6. The van der Waals surface area contributed by atoms with E-state index in [0.717, 1.165) is 31.2 Å². The van der Waals surface area contributed by atoms with Gasteiger partial charge in [0.1, 0.15) is 17.7 Å². The molecular formula is C30H48N4O5. The summed E-state index contributed by atoms with van der Waals surface area (Å²) < 4.78 is 5.34. The van der Waals surface area contributed by atoms with Crippen LogP contribution in [0.4, 0.5) is 5.69 Å². The highest BCUT2D eigenvalue weighted by atomic mass is 16.6. The van der Waals surface area contributed by atoms with E-state index in [2.05, 4.69) is 22.9 Å². The Morgan fingerprint density at radius 2 is 1.49 bits per heavy atom. The second-order valence-electron chi connectivity index (χ2n) is 11.3. The van der Waals surface area contributed by atoms with Crippen molar-refractivity contribution >= 4 is 29.2 Å². The molecule has 0 aliphatic carbocycles. The number of unbranched alkanes of at least 4 members (excludes halogenated alkanes) is 3. The summed E-state index contributed by atoms with van der Waals surface area (Å²) in [4.78, 5) is 52.6. The Morgan fingerprint density at radius 3 is 2.05 bits per heavy atom. The van der Waals surface area contributed by atoms with Gasteiger partial charge in [0, 0.05) is 18.5 Å². The van der Waals surface area contributed by atoms with E-state index < -0.39 is 35.5 Å². The van der Waals surface area contributed by atoms with Gasteiger partial charge in [-0.05, 0) is 49.8 Å². The number of amides is 3. The number of hydrogen-bond acceptors (Lipinski definition) is 6. The zero-order valence-electron chi connectivity index (χ0n) is 24.3. The molecule has 2 rings (SSSR count). The molecule has 0 spiro atoms. The number of nitrogens with one attached hydrogen (secondary N) is 3. The molecule has 1 heterocycles. The van der Waals surface area contributed by atoms with Crippen LogP contribution in [0.5, 0.6) is 0 Å². The number of carbonyl (C=O) groups excluding carboxylic acids is 4. The summed E-state index contributed by atoms with van der Waals surface area (Å²) in [6, 6.07) is 4.76. The van der Waals surface area contributed by atoms with Crippen molar-refractivity contribution in [3.05, 3.63) is 29.8 Å². The number of nitrogen functional groups attached to an aromatic ring is 1. The maximum absolute atomic E-state index is 13.5. The third-order valence-corrected chi connectivity index (χ3v) is 7.00. The minimum Gasteiger partial charge on any atom is -0.399 e. The van der Waals surface area contributed by atoms with Crippen molar-refractivity contribution in [2.45, 2.75) is 116 Å². The van der Waals surface area contributed by atoms with Crippen molar-refractivity contribution in [1.29, 1.82) is 0 Å². The topological polar surface area (TPSA) is 143 Å². The van der Waals surface area contributed by atoms with Gasteiger partial charge in [-0.15, -0.1) is 0 Å². The highest BCUT2D eigenvalue weighted by Gasteiger charge is 2.50. The fraction of sp³-hybridized carbons (Fsp3) is 0.667. The molecule has 0 aromatic heterocycles. The zero-order chi connectivity index (χ0) is 29.0. The molecule has 1 fully saturated rings. The van der Waals surface area contributed by atoms with Crippen LogP contribution >= 0.6 is 0 Å². The summed E-state index contributed by atoms with van der Waals surface area (Å²) in [5.74, 6) is -1.01. The lowest BCUT2D eigenvalue weighted by Gasteiger charge is -2.26. The molecule has 9 heteroatoms. The van der Waals surface area contributed by atoms with Gasteiger partial charge < -0.3 is 26.4 Å². The van der Waals surface area contributed by atoms with Crippen LogP contribution in [0.2, 0.25) is 0 Å². The molecule has 0 unspecified atom stereocenters. The molecule has 3 amide bonds. The van der Waals surface area contributed by atoms with Crippen molar-refractivity contribution in [2.24, 2.45) is 5.92 Å². The molecule has 0 saturated carbocycles. The summed E-state index contributed by atoms with van der Waals surface area (Å²) in [6.07, 6.45) is 5.71. The van der Waals surface area contributed by atoms with Crippen LogP contribution in [0.25, 0.3) is 0 Å². The second-order valence-corrected chi connectivity index (χ2v) is 11.3. The highest BCUT2D eigenvalue weighted by Crippen LogP contribution is 2.29. The number of hydrogen-bond donors (Lipinski definition) is 4. The predicted molar refractivity (Wildman–Crippen MR) is 153 cm³/mol. The number of anilines is 1. The quantitative estimate of drug-likeness (QED) is 0.127. The van der Waals surface area contributed by atoms with E-state index in [0.29, 0.717) is 38.0 Å². The molecule has 1 aromatic carbocycles. The maximum Gasteiger partial charge on any atom is 0.243 e. The SMILES string of the molecule is CCCCCC(=O)N[C@@H](Cc1ccc(N)cc1)C(=O)N[C@@H](CCCC)C(=O)N[C@@H](CC(C)C)C(=O)[C@@]1(C)CO1. The van der Waals surface area contributed by atoms with E-state index in [4.69, 9.17) is 10.5 Å². The van der Waals surface area contributed by atoms with Gasteiger partial charge in [0.25, 0.3) is 0 Å². The van der Waals surface area contributed by atoms with Gasteiger partial charge in [-0.25, -0.2) is 0 Å². The normalized spacial score (nSPS) is 18.6. The van der Waals surface area contributed by atoms with Gasteiger partial charge >= 0.3 is 0 Å². The van der Waals surface area contributed by atoms with Crippen LogP contribution in [0.15, 0.2) is 24.3 Å². The Labute approximate surface area is 233 Å². The molecule has 9 nitrogen and oxygen atoms in total. The van der Waals surface area contributed by atoms with Crippen molar-refractivity contribution < 1.29 is 23.9 Å². The Kier molecular flexibility index (Phi) is 12.9. The van der Waals surface area contributed by atoms with Crippen molar-refractivity contribution in [3.8, 4) is 0 Å². The minimum absolute atomic E-state index is 0.148. The largest absolute Gasteiger partial charge is 0.399 e. The van der Waals surface area contributed by atoms with Gasteiger partial charge in [-0.1, -0.05) is 65.5 Å². The van der Waals surface area contributed by atoms with Gasteiger partial charge in [0.05, 0.1) is 12.6 Å². The lowest BCUT2D eigenvalue weighted by molar-refractivity contribution is -0.134. The number of benzene rings is 1. The molecule has 1 saturated heterocycles. The molecule has 218 valence electrons. The third kappa shape index (κ3) is 11.0. The van der Waals surface area contributed by atoms with Gasteiger partial charge in [0.15, 0.2) is 5.78 Å². The zero-order valence-corrected chi connectivity index (χ0v) is 24.3. The van der Waals surface area contributed by atoms with E-state index >= 15 is 0 Å². The Balaban J connectivity index is 2.18. The molecule has 4 atom stereocenters. The van der Waals surface area contributed by atoms with Crippen molar-refractivity contribution in [1.82, 2.24) is 16.0 Å². The van der Waals surface area contributed by atoms with Gasteiger partial charge in [0.2, 0.25) is 17.7 Å². The molecule has 5 N–H and O–H groups in total. The van der Waals surface area contributed by atoms with Crippen molar-refractivity contribution in [2.75, 3.05) is 12.3 Å². The Morgan fingerprint density at radius 1 is 0.897 bits per heavy atom. The number of carbonyl (C=O) groups is 4. The minimum atomic E-state index is -0.860. The molecule has 0 bridgehead atoms. The number of ether oxygens (including phenoxy) is 1. The summed E-state index contributed by atoms with van der Waals surface area (Å²) in [5.41, 5.74) is 6.40. The summed E-state index contributed by atoms with van der Waals surface area (Å²) in [7, 11) is 0. The number of Topliss-reactive ketones (excluding diaryl/α,β-unsaturated/α-hetero) is 1. The Bertz CT molecular complexity index is 959. The number of ketones is 1. The first kappa shape index (κ1) is 32.3. The van der Waals surface area contributed by atoms with Crippen LogP contribution in [0.1, 0.15) is 91.5 Å². The summed E-state index contributed by atoms with van der Waals surface area (Å²) in [6.45, 7) is 10.1. The fourth-order valence-corrected chi connectivity index (χ4v) is 4.44. The smallest absolute Gasteiger partial charge is 0.243 e. The predicted octanol–water partition coefficient (Wildman–Crippen LogP) is 3.44. The first-order valence-corrected chi connectivity index (χ1v) is 14.4. The summed E-state index contributed by atoms with van der Waals surface area (Å²) in [5, 5.41) is 8.64. The van der Waals surface area contributed by atoms with Crippen LogP contribution in [0.3, 0.4) is 0 Å². The summed E-state index contributed by atoms with van der Waals surface area (Å²) >= 11 is 0. The maximum atomic E-state index is 13.5. The fourth-order valence-electron chi connectivity index (χ4n) is 4.44. The molecule has 0 radical (unpaired) electrons. The standard InChI is InChI=1S/C30H48N4O5/c1-6-8-10-12-26(35)32-25(18-21-13-15-22(31)16-14-21)29(38)33-23(11-9-7-2)28(37)34-24(17-20(3)4)27(36)30(5)19-39-30/h13-16,20,23-25H,6-12,17-19,31H2,1-5H3,(H,32,35)(H,33,38)(H,34,37)/t23-,24-,25-,30+/m0/s1. The first-order chi connectivity index (χ1) is 18.5. The average molecular weight is 545 g/mol. The van der Waals surface area contributed by atoms with Crippen molar-refractivity contribution in [3.63, 3.8) is 0 Å². The van der Waals surface area contributed by atoms with Crippen LogP contribution in [0, 0.1) is 5.92 Å². The van der Waals surface area contributed by atoms with Gasteiger partial charge in [-0.2, -0.15) is 0 Å². The molecule has 1 aromatic rings. The Hall–Kier alpha value is -2.94. The van der Waals surface area contributed by atoms with E-state index in [1.54, 1.807) is 19.1 Å². The van der Waals surface area contributed by atoms with Gasteiger partial charge in [-0.3, -0.25) is 19.2 Å². The van der Waals surface area contributed by atoms with E-state index in [9.17, 15) is 19.2 Å². The average Bonchev–Trinajstić information content (AvgIpc) is 3.64. The highest BCUT2D eigenvalue weighted by molar-refractivity contribution is 5.98. The molecule has 1 aliphatic rings. The molecular weight excluding hydrogens is 496 g/mol. The number of nitrogens with two attached hydrogens (primary N) is 1. The third-order valence-electron chi connectivity index (χ3n) is 7.00. The number of rotatable bonds is 18. The number of epoxide rings is 1. The molecule has 1 aliphatic heterocycles. The lowest BCUT2D eigenvalue weighted by atomic mass is 9.93.